The van der Waals surface area contributed by atoms with Crippen molar-refractivity contribution in [3.05, 3.63) is 33.3 Å². The van der Waals surface area contributed by atoms with Gasteiger partial charge in [-0.2, -0.15) is 0 Å². The number of hydrogen-bond donors (Lipinski definition) is 1. The van der Waals surface area contributed by atoms with Crippen molar-refractivity contribution in [2.45, 2.75) is 18.8 Å². The van der Waals surface area contributed by atoms with Gasteiger partial charge in [0.1, 0.15) is 0 Å². The largest absolute Gasteiger partial charge is 0.296 e. The predicted molar refractivity (Wildman–Crippen MR) is 64.3 cm³/mol. The molecule has 1 fully saturated rings. The van der Waals surface area contributed by atoms with Crippen molar-refractivity contribution in [3.63, 3.8) is 0 Å². The van der Waals surface area contributed by atoms with E-state index < -0.39 is 0 Å². The molecular weight excluding hydrogens is 293 g/mol. The molecule has 0 atom stereocenters. The summed E-state index contributed by atoms with van der Waals surface area (Å²) in [6.07, 6.45) is 0.625. The van der Waals surface area contributed by atoms with Gasteiger partial charge in [-0.3, -0.25) is 14.9 Å². The quantitative estimate of drug-likeness (QED) is 0.811. The van der Waals surface area contributed by atoms with Gasteiger partial charge in [-0.15, -0.1) is 0 Å². The highest BCUT2D eigenvalue weighted by Crippen LogP contribution is 2.33. The van der Waals surface area contributed by atoms with Gasteiger partial charge in [-0.05, 0) is 17.7 Å². The first-order valence-electron chi connectivity index (χ1n) is 4.84. The summed E-state index contributed by atoms with van der Waals surface area (Å²) in [4.78, 5) is 22.5. The van der Waals surface area contributed by atoms with Crippen LogP contribution in [-0.2, 0) is 9.59 Å². The smallest absolute Gasteiger partial charge is 0.227 e. The van der Waals surface area contributed by atoms with Crippen molar-refractivity contribution in [2.24, 2.45) is 0 Å². The number of piperidine rings is 1. The second kappa shape index (κ2) is 4.55. The molecule has 1 aliphatic rings. The van der Waals surface area contributed by atoms with E-state index in [-0.39, 0.29) is 17.7 Å². The Morgan fingerprint density at radius 2 is 1.88 bits per heavy atom. The van der Waals surface area contributed by atoms with Crippen LogP contribution >= 0.6 is 27.5 Å². The molecule has 1 heterocycles. The van der Waals surface area contributed by atoms with Crippen LogP contribution in [0.4, 0.5) is 0 Å². The predicted octanol–water partition coefficient (Wildman–Crippen LogP) is 2.62. The number of rotatable bonds is 1. The standard InChI is InChI=1S/C11H9BrClNO2/c12-7-1-2-8(9(13)5-7)6-3-10(15)14-11(16)4-6/h1-2,5-6H,3-4H2,(H,14,15,16). The molecule has 0 saturated carbocycles. The average molecular weight is 303 g/mol. The lowest BCUT2D eigenvalue weighted by Crippen LogP contribution is -2.37. The summed E-state index contributed by atoms with van der Waals surface area (Å²) in [7, 11) is 0. The normalized spacial score (nSPS) is 17.4. The number of carbonyl (C=O) groups is 2. The maximum Gasteiger partial charge on any atom is 0.227 e. The highest BCUT2D eigenvalue weighted by molar-refractivity contribution is 9.10. The summed E-state index contributed by atoms with van der Waals surface area (Å²) in [5, 5.41) is 2.86. The van der Waals surface area contributed by atoms with Crippen LogP contribution in [-0.4, -0.2) is 11.8 Å². The van der Waals surface area contributed by atoms with E-state index in [0.717, 1.165) is 10.0 Å². The minimum absolute atomic E-state index is 0.109. The molecule has 0 aromatic heterocycles. The number of benzene rings is 1. The van der Waals surface area contributed by atoms with Crippen LogP contribution in [0.25, 0.3) is 0 Å². The molecule has 0 radical (unpaired) electrons. The topological polar surface area (TPSA) is 46.2 Å². The fourth-order valence-electron chi connectivity index (χ4n) is 1.83. The Morgan fingerprint density at radius 1 is 1.25 bits per heavy atom. The summed E-state index contributed by atoms with van der Waals surface area (Å²) >= 11 is 9.40. The second-order valence-corrected chi connectivity index (χ2v) is 5.07. The summed E-state index contributed by atoms with van der Waals surface area (Å²) in [6.45, 7) is 0. The highest BCUT2D eigenvalue weighted by atomic mass is 79.9. The SMILES string of the molecule is O=C1CC(c2ccc(Br)cc2Cl)CC(=O)N1. The summed E-state index contributed by atoms with van der Waals surface area (Å²) in [5.74, 6) is -0.581. The molecule has 0 bridgehead atoms. The highest BCUT2D eigenvalue weighted by Gasteiger charge is 2.27. The minimum atomic E-state index is -0.236. The van der Waals surface area contributed by atoms with Gasteiger partial charge in [0.25, 0.3) is 0 Å². The van der Waals surface area contributed by atoms with Crippen LogP contribution in [0.3, 0.4) is 0 Å². The molecule has 0 unspecified atom stereocenters. The molecule has 3 nitrogen and oxygen atoms in total. The molecule has 1 aromatic rings. The fourth-order valence-corrected chi connectivity index (χ4v) is 2.66. The molecule has 0 spiro atoms. The van der Waals surface area contributed by atoms with Crippen molar-refractivity contribution >= 4 is 39.3 Å². The molecule has 5 heteroatoms. The van der Waals surface area contributed by atoms with E-state index in [1.54, 1.807) is 6.07 Å². The molecule has 84 valence electrons. The van der Waals surface area contributed by atoms with E-state index in [2.05, 4.69) is 21.2 Å². The van der Waals surface area contributed by atoms with E-state index >= 15 is 0 Å². The first kappa shape index (κ1) is 11.6. The average Bonchev–Trinajstić information content (AvgIpc) is 2.15. The molecule has 1 aliphatic heterocycles. The zero-order chi connectivity index (χ0) is 11.7. The van der Waals surface area contributed by atoms with Crippen molar-refractivity contribution in [1.82, 2.24) is 5.32 Å². The number of amides is 2. The third kappa shape index (κ3) is 2.44. The van der Waals surface area contributed by atoms with Gasteiger partial charge in [-0.25, -0.2) is 0 Å². The van der Waals surface area contributed by atoms with E-state index in [9.17, 15) is 9.59 Å². The van der Waals surface area contributed by atoms with Gasteiger partial charge in [0.2, 0.25) is 11.8 Å². The number of halogens is 2. The molecule has 1 aromatic carbocycles. The Morgan fingerprint density at radius 3 is 2.44 bits per heavy atom. The third-order valence-electron chi connectivity index (χ3n) is 2.54. The molecule has 16 heavy (non-hydrogen) atoms. The summed E-state index contributed by atoms with van der Waals surface area (Å²) in [5.41, 5.74) is 0.855. The summed E-state index contributed by atoms with van der Waals surface area (Å²) in [6, 6.07) is 5.48. The third-order valence-corrected chi connectivity index (χ3v) is 3.37. The lowest BCUT2D eigenvalue weighted by molar-refractivity contribution is -0.133. The Bertz CT molecular complexity index is 445. The minimum Gasteiger partial charge on any atom is -0.296 e. The monoisotopic (exact) mass is 301 g/mol. The second-order valence-electron chi connectivity index (χ2n) is 3.74. The zero-order valence-corrected chi connectivity index (χ0v) is 10.6. The molecule has 2 rings (SSSR count). The number of hydrogen-bond acceptors (Lipinski definition) is 2. The Hall–Kier alpha value is -0.870. The first-order chi connectivity index (χ1) is 7.56. The van der Waals surface area contributed by atoms with Gasteiger partial charge in [-0.1, -0.05) is 33.6 Å². The number of imide groups is 1. The van der Waals surface area contributed by atoms with Crippen molar-refractivity contribution in [2.75, 3.05) is 0 Å². The maximum absolute atomic E-state index is 11.3. The van der Waals surface area contributed by atoms with Crippen LogP contribution in [0.2, 0.25) is 5.02 Å². The van der Waals surface area contributed by atoms with Crippen molar-refractivity contribution < 1.29 is 9.59 Å². The van der Waals surface area contributed by atoms with Gasteiger partial charge in [0.05, 0.1) is 0 Å². The van der Waals surface area contributed by atoms with E-state index in [1.165, 1.54) is 0 Å². The molecular formula is C11H9BrClNO2. The Balaban J connectivity index is 2.29. The van der Waals surface area contributed by atoms with Crippen molar-refractivity contribution in [1.29, 1.82) is 0 Å². The van der Waals surface area contributed by atoms with Crippen LogP contribution < -0.4 is 5.32 Å². The fraction of sp³-hybridized carbons (Fsp3) is 0.273. The summed E-state index contributed by atoms with van der Waals surface area (Å²) < 4.78 is 0.882. The van der Waals surface area contributed by atoms with Gasteiger partial charge < -0.3 is 0 Å². The van der Waals surface area contributed by atoms with Crippen LogP contribution in [0, 0.1) is 0 Å². The number of nitrogens with one attached hydrogen (secondary N) is 1. The maximum atomic E-state index is 11.3. The number of carbonyl (C=O) groups excluding carboxylic acids is 2. The lowest BCUT2D eigenvalue weighted by atomic mass is 9.89. The zero-order valence-electron chi connectivity index (χ0n) is 8.30. The van der Waals surface area contributed by atoms with Crippen LogP contribution in [0.15, 0.2) is 22.7 Å². The van der Waals surface area contributed by atoms with Crippen molar-refractivity contribution in [3.8, 4) is 0 Å². The van der Waals surface area contributed by atoms with Gasteiger partial charge in [0.15, 0.2) is 0 Å². The molecule has 0 aliphatic carbocycles. The van der Waals surface area contributed by atoms with Gasteiger partial charge >= 0.3 is 0 Å². The van der Waals surface area contributed by atoms with Crippen LogP contribution in [0.5, 0.6) is 0 Å². The lowest BCUT2D eigenvalue weighted by Gasteiger charge is -2.22. The van der Waals surface area contributed by atoms with Crippen LogP contribution in [0.1, 0.15) is 24.3 Å². The van der Waals surface area contributed by atoms with E-state index in [1.807, 2.05) is 12.1 Å². The molecule has 1 saturated heterocycles. The molecule has 2 amide bonds. The van der Waals surface area contributed by atoms with E-state index in [4.69, 9.17) is 11.6 Å². The Kier molecular flexibility index (Phi) is 3.30. The molecule has 1 N–H and O–H groups in total. The van der Waals surface area contributed by atoms with Gasteiger partial charge in [0, 0.05) is 28.3 Å². The van der Waals surface area contributed by atoms with E-state index in [0.29, 0.717) is 17.9 Å². The first-order valence-corrected chi connectivity index (χ1v) is 6.01. The Labute approximate surface area is 106 Å².